The number of aliphatic hydroxyl groups is 1. The molecule has 2 N–H and O–H groups in total. The summed E-state index contributed by atoms with van der Waals surface area (Å²) in [5.74, 6) is 0. The van der Waals surface area contributed by atoms with Crippen LogP contribution in [0, 0.1) is 5.41 Å². The first-order valence-electron chi connectivity index (χ1n) is 9.99. The Morgan fingerprint density at radius 2 is 1.84 bits per heavy atom. The predicted octanol–water partition coefficient (Wildman–Crippen LogP) is 4.46. The zero-order valence-corrected chi connectivity index (χ0v) is 17.6. The van der Waals surface area contributed by atoms with Gasteiger partial charge in [0.2, 0.25) is 0 Å². The van der Waals surface area contributed by atoms with Crippen LogP contribution in [0.4, 0.5) is 0 Å². The number of benzene rings is 1. The van der Waals surface area contributed by atoms with Crippen LogP contribution < -0.4 is 10.2 Å². The highest BCUT2D eigenvalue weighted by Crippen LogP contribution is 2.34. The van der Waals surface area contributed by atoms with E-state index in [1.54, 1.807) is 0 Å². The van der Waals surface area contributed by atoms with Gasteiger partial charge in [0.25, 0.3) is 0 Å². The lowest BCUT2D eigenvalue weighted by Crippen LogP contribution is -2.40. The van der Waals surface area contributed by atoms with Crippen molar-refractivity contribution in [1.29, 1.82) is 0 Å². The van der Waals surface area contributed by atoms with Gasteiger partial charge in [-0.05, 0) is 62.1 Å². The molecule has 2 nitrogen and oxygen atoms in total. The van der Waals surface area contributed by atoms with Gasteiger partial charge < -0.3 is 5.11 Å². The van der Waals surface area contributed by atoms with E-state index in [-0.39, 0.29) is 5.41 Å². The molecule has 4 heteroatoms. The highest BCUT2D eigenvalue weighted by molar-refractivity contribution is 7.97. The fourth-order valence-corrected chi connectivity index (χ4v) is 4.29. The Bertz CT molecular complexity index is 547. The van der Waals surface area contributed by atoms with Crippen LogP contribution in [0.2, 0.25) is 6.32 Å². The Kier molecular flexibility index (Phi) is 7.48. The standard InChI is InChI=1S/C21H36BNOS/c1-6-16-14-17(22-15-20(2,3)21(4,5)24)12-13-19(16)25-23-18-10-8-7-9-11-18/h12-14,18,22-24H,6-11,15H2,1-5H3. The third kappa shape index (κ3) is 6.04. The van der Waals surface area contributed by atoms with E-state index in [1.807, 2.05) is 25.8 Å². The van der Waals surface area contributed by atoms with Gasteiger partial charge in [0.05, 0.1) is 5.60 Å². The Hall–Kier alpha value is -0.445. The largest absolute Gasteiger partial charge is 0.390 e. The molecule has 0 atom stereocenters. The van der Waals surface area contributed by atoms with Gasteiger partial charge in [-0.15, -0.1) is 0 Å². The molecule has 1 aromatic carbocycles. The van der Waals surface area contributed by atoms with Gasteiger partial charge in [-0.2, -0.15) is 0 Å². The van der Waals surface area contributed by atoms with E-state index in [1.165, 1.54) is 48.0 Å². The van der Waals surface area contributed by atoms with Crippen molar-refractivity contribution < 1.29 is 5.11 Å². The van der Waals surface area contributed by atoms with Gasteiger partial charge in [0, 0.05) is 10.9 Å². The molecule has 1 aliphatic carbocycles. The highest BCUT2D eigenvalue weighted by Gasteiger charge is 2.34. The van der Waals surface area contributed by atoms with Crippen molar-refractivity contribution in [1.82, 2.24) is 4.72 Å². The van der Waals surface area contributed by atoms with Gasteiger partial charge >= 0.3 is 0 Å². The van der Waals surface area contributed by atoms with Crippen molar-refractivity contribution in [2.75, 3.05) is 0 Å². The molecule has 140 valence electrons. The SMILES string of the molecule is CCc1cc(BCC(C)(C)C(C)(C)O)ccc1SNC1CCCCC1. The van der Waals surface area contributed by atoms with E-state index >= 15 is 0 Å². The zero-order chi connectivity index (χ0) is 18.5. The third-order valence-corrected chi connectivity index (χ3v) is 7.21. The molecule has 0 saturated heterocycles. The Balaban J connectivity index is 1.96. The molecule has 0 radical (unpaired) electrons. The summed E-state index contributed by atoms with van der Waals surface area (Å²) in [5, 5.41) is 10.4. The zero-order valence-electron chi connectivity index (χ0n) is 16.8. The molecule has 1 aliphatic rings. The van der Waals surface area contributed by atoms with Crippen molar-refractivity contribution in [2.24, 2.45) is 5.41 Å². The second-order valence-electron chi connectivity index (χ2n) is 8.79. The molecule has 1 fully saturated rings. The van der Waals surface area contributed by atoms with Crippen LogP contribution in [-0.4, -0.2) is 24.0 Å². The summed E-state index contributed by atoms with van der Waals surface area (Å²) in [6, 6.07) is 7.59. The van der Waals surface area contributed by atoms with Crippen molar-refractivity contribution in [3.63, 3.8) is 0 Å². The number of nitrogens with one attached hydrogen (secondary N) is 1. The van der Waals surface area contributed by atoms with E-state index in [0.29, 0.717) is 6.04 Å². The van der Waals surface area contributed by atoms with Gasteiger partial charge in [-0.3, -0.25) is 4.72 Å². The second-order valence-corrected chi connectivity index (χ2v) is 9.67. The van der Waals surface area contributed by atoms with Crippen LogP contribution in [0.15, 0.2) is 23.1 Å². The lowest BCUT2D eigenvalue weighted by atomic mass is 9.56. The molecule has 2 rings (SSSR count). The van der Waals surface area contributed by atoms with E-state index < -0.39 is 5.60 Å². The van der Waals surface area contributed by atoms with Gasteiger partial charge in [-0.1, -0.05) is 63.9 Å². The number of hydrogen-bond acceptors (Lipinski definition) is 3. The highest BCUT2D eigenvalue weighted by atomic mass is 32.2. The number of aryl methyl sites for hydroxylation is 1. The summed E-state index contributed by atoms with van der Waals surface area (Å²) in [6.45, 7) is 10.4. The molecule has 25 heavy (non-hydrogen) atoms. The minimum Gasteiger partial charge on any atom is -0.390 e. The molecule has 0 aliphatic heterocycles. The second kappa shape index (κ2) is 8.97. The molecule has 1 saturated carbocycles. The third-order valence-electron chi connectivity index (χ3n) is 6.14. The van der Waals surface area contributed by atoms with Gasteiger partial charge in [0.15, 0.2) is 7.28 Å². The van der Waals surface area contributed by atoms with Gasteiger partial charge in [-0.25, -0.2) is 0 Å². The molecular weight excluding hydrogens is 325 g/mol. The van der Waals surface area contributed by atoms with Crippen LogP contribution in [0.25, 0.3) is 0 Å². The lowest BCUT2D eigenvalue weighted by molar-refractivity contribution is -0.0236. The summed E-state index contributed by atoms with van der Waals surface area (Å²) in [5.41, 5.74) is 2.08. The normalized spacial score (nSPS) is 16.9. The van der Waals surface area contributed by atoms with Crippen LogP contribution in [0.3, 0.4) is 0 Å². The van der Waals surface area contributed by atoms with Crippen LogP contribution in [0.5, 0.6) is 0 Å². The quantitative estimate of drug-likeness (QED) is 0.530. The topological polar surface area (TPSA) is 32.3 Å². The average Bonchev–Trinajstić information content (AvgIpc) is 2.58. The van der Waals surface area contributed by atoms with E-state index in [9.17, 15) is 5.11 Å². The first-order valence-corrected chi connectivity index (χ1v) is 10.8. The summed E-state index contributed by atoms with van der Waals surface area (Å²) in [7, 11) is 1.02. The maximum Gasteiger partial charge on any atom is 0.158 e. The molecule has 0 bridgehead atoms. The first-order chi connectivity index (χ1) is 11.7. The van der Waals surface area contributed by atoms with Crippen molar-refractivity contribution in [3.05, 3.63) is 23.8 Å². The molecule has 0 amide bonds. The van der Waals surface area contributed by atoms with Crippen LogP contribution in [0.1, 0.15) is 72.3 Å². The molecule has 0 unspecified atom stereocenters. The summed E-state index contributed by atoms with van der Waals surface area (Å²) < 4.78 is 3.69. The molecule has 1 aromatic rings. The van der Waals surface area contributed by atoms with Crippen LogP contribution in [-0.2, 0) is 6.42 Å². The van der Waals surface area contributed by atoms with Crippen molar-refractivity contribution >= 4 is 24.7 Å². The molecule has 0 aromatic heterocycles. The molecule has 0 spiro atoms. The smallest absolute Gasteiger partial charge is 0.158 e. The van der Waals surface area contributed by atoms with Gasteiger partial charge in [0.1, 0.15) is 0 Å². The first kappa shape index (κ1) is 20.9. The fraction of sp³-hybridized carbons (Fsp3) is 0.714. The summed E-state index contributed by atoms with van der Waals surface area (Å²) in [4.78, 5) is 1.37. The maximum atomic E-state index is 10.4. The van der Waals surface area contributed by atoms with Crippen molar-refractivity contribution in [2.45, 2.75) is 96.0 Å². The fourth-order valence-electron chi connectivity index (χ4n) is 3.29. The van der Waals surface area contributed by atoms with E-state index in [4.69, 9.17) is 0 Å². The lowest BCUT2D eigenvalue weighted by Gasteiger charge is -2.37. The maximum absolute atomic E-state index is 10.4. The summed E-state index contributed by atoms with van der Waals surface area (Å²) in [6.07, 6.45) is 8.84. The Labute approximate surface area is 159 Å². The van der Waals surface area contributed by atoms with E-state index in [2.05, 4.69) is 43.7 Å². The van der Waals surface area contributed by atoms with Crippen molar-refractivity contribution in [3.8, 4) is 0 Å². The van der Waals surface area contributed by atoms with E-state index in [0.717, 1.165) is 20.0 Å². The Morgan fingerprint density at radius 3 is 2.44 bits per heavy atom. The monoisotopic (exact) mass is 361 g/mol. The van der Waals surface area contributed by atoms with Crippen LogP contribution >= 0.6 is 11.9 Å². The number of rotatable bonds is 8. The minimum absolute atomic E-state index is 0.0880. The average molecular weight is 361 g/mol. The molecule has 0 heterocycles. The Morgan fingerprint density at radius 1 is 1.16 bits per heavy atom. The molecular formula is C21H36BNOS. The minimum atomic E-state index is -0.652. The predicted molar refractivity (Wildman–Crippen MR) is 113 cm³/mol. The number of hydrogen-bond donors (Lipinski definition) is 2. The summed E-state index contributed by atoms with van der Waals surface area (Å²) >= 11 is 1.82.